The maximum Gasteiger partial charge on any atom is 0.410 e. The SMILES string of the molecule is CCOC(=O)COc1c(OCc2ccccc2)cc2c(c1Br)C[C@H]1C3CCCC[C@@]23CCN1C(=O)OCc1ccccc1. The Bertz CT molecular complexity index is 1450. The highest BCUT2D eigenvalue weighted by atomic mass is 79.9. The van der Waals surface area contributed by atoms with E-state index in [1.807, 2.05) is 65.6 Å². The molecule has 226 valence electrons. The quantitative estimate of drug-likeness (QED) is 0.226. The number of carbonyl (C=O) groups excluding carboxylic acids is 2. The van der Waals surface area contributed by atoms with E-state index in [1.165, 1.54) is 5.56 Å². The number of nitrogens with zero attached hydrogens (tertiary/aromatic N) is 1. The Balaban J connectivity index is 1.34. The summed E-state index contributed by atoms with van der Waals surface area (Å²) in [6.07, 6.45) is 5.75. The maximum atomic E-state index is 13.5. The summed E-state index contributed by atoms with van der Waals surface area (Å²) >= 11 is 3.88. The summed E-state index contributed by atoms with van der Waals surface area (Å²) in [4.78, 5) is 27.8. The van der Waals surface area contributed by atoms with Crippen molar-refractivity contribution in [1.29, 1.82) is 0 Å². The third-order valence-corrected chi connectivity index (χ3v) is 10.2. The van der Waals surface area contributed by atoms with Gasteiger partial charge >= 0.3 is 12.1 Å². The zero-order chi connectivity index (χ0) is 29.8. The summed E-state index contributed by atoms with van der Waals surface area (Å²) < 4.78 is 24.3. The van der Waals surface area contributed by atoms with Crippen molar-refractivity contribution in [3.63, 3.8) is 0 Å². The van der Waals surface area contributed by atoms with Crippen LogP contribution in [0.15, 0.2) is 71.2 Å². The third kappa shape index (κ3) is 5.99. The zero-order valence-corrected chi connectivity index (χ0v) is 26.1. The van der Waals surface area contributed by atoms with E-state index in [0.717, 1.165) is 53.3 Å². The van der Waals surface area contributed by atoms with Gasteiger partial charge in [-0.15, -0.1) is 0 Å². The molecule has 3 aliphatic rings. The van der Waals surface area contributed by atoms with Gasteiger partial charge in [-0.3, -0.25) is 0 Å². The number of likely N-dealkylation sites (tertiary alicyclic amines) is 1. The highest BCUT2D eigenvalue weighted by Crippen LogP contribution is 2.59. The maximum absolute atomic E-state index is 13.5. The van der Waals surface area contributed by atoms with Crippen molar-refractivity contribution in [3.8, 4) is 11.5 Å². The van der Waals surface area contributed by atoms with Crippen molar-refractivity contribution in [2.75, 3.05) is 19.8 Å². The van der Waals surface area contributed by atoms with Gasteiger partial charge in [-0.05, 0) is 82.8 Å². The fourth-order valence-corrected chi connectivity index (χ4v) is 8.09. The molecule has 0 N–H and O–H groups in total. The average Bonchev–Trinajstić information content (AvgIpc) is 3.04. The van der Waals surface area contributed by atoms with Crippen LogP contribution < -0.4 is 9.47 Å². The molecule has 0 spiro atoms. The number of piperidine rings is 1. The van der Waals surface area contributed by atoms with Crippen LogP contribution in [-0.4, -0.2) is 42.8 Å². The molecule has 2 fully saturated rings. The number of hydrogen-bond donors (Lipinski definition) is 0. The Hall–Kier alpha value is -3.52. The molecule has 0 radical (unpaired) electrons. The predicted octanol–water partition coefficient (Wildman–Crippen LogP) is 7.37. The Morgan fingerprint density at radius 1 is 0.930 bits per heavy atom. The largest absolute Gasteiger partial charge is 0.485 e. The van der Waals surface area contributed by atoms with Crippen LogP contribution >= 0.6 is 15.9 Å². The molecule has 7 nitrogen and oxygen atoms in total. The molecular weight excluding hydrogens is 610 g/mol. The molecule has 1 heterocycles. The molecule has 3 aromatic carbocycles. The Labute approximate surface area is 261 Å². The molecule has 3 atom stereocenters. The van der Waals surface area contributed by atoms with Crippen LogP contribution in [0, 0.1) is 5.92 Å². The summed E-state index contributed by atoms with van der Waals surface area (Å²) in [5, 5.41) is 0. The number of hydrogen-bond acceptors (Lipinski definition) is 6. The summed E-state index contributed by atoms with van der Waals surface area (Å²) in [5.74, 6) is 1.01. The molecule has 2 bridgehead atoms. The monoisotopic (exact) mass is 647 g/mol. The molecule has 1 amide bonds. The van der Waals surface area contributed by atoms with Crippen molar-refractivity contribution in [3.05, 3.63) is 93.5 Å². The second-order valence-corrected chi connectivity index (χ2v) is 12.5. The van der Waals surface area contributed by atoms with Gasteiger partial charge in [0.15, 0.2) is 18.1 Å². The summed E-state index contributed by atoms with van der Waals surface area (Å²) in [5.41, 5.74) is 4.37. The second-order valence-electron chi connectivity index (χ2n) is 11.7. The van der Waals surface area contributed by atoms with Crippen molar-refractivity contribution in [1.82, 2.24) is 4.90 Å². The van der Waals surface area contributed by atoms with Crippen molar-refractivity contribution < 1.29 is 28.5 Å². The number of carbonyl (C=O) groups is 2. The lowest BCUT2D eigenvalue weighted by atomic mass is 9.52. The van der Waals surface area contributed by atoms with Crippen LogP contribution in [0.2, 0.25) is 0 Å². The number of benzene rings is 3. The van der Waals surface area contributed by atoms with Crippen molar-refractivity contribution in [2.45, 2.75) is 70.1 Å². The fourth-order valence-electron chi connectivity index (χ4n) is 7.40. The number of amides is 1. The molecule has 1 saturated carbocycles. The first-order chi connectivity index (χ1) is 21.0. The highest BCUT2D eigenvalue weighted by molar-refractivity contribution is 9.10. The number of rotatable bonds is 9. The van der Waals surface area contributed by atoms with Gasteiger partial charge in [0.1, 0.15) is 13.2 Å². The van der Waals surface area contributed by atoms with Gasteiger partial charge in [-0.1, -0.05) is 73.5 Å². The van der Waals surface area contributed by atoms with Gasteiger partial charge in [-0.25, -0.2) is 9.59 Å². The standard InChI is InChI=1S/C35H38BrNO6/c1-2-40-31(38)23-42-33-30(41-21-24-11-5-3-6-12-24)20-28-26(32(33)36)19-29-27-15-9-10-16-35(27,28)17-18-37(29)34(39)43-22-25-13-7-4-8-14-25/h3-8,11-14,20,27,29H,2,9-10,15-19,21-23H2,1H3/t27?,29-,35-/m0/s1. The van der Waals surface area contributed by atoms with E-state index in [0.29, 0.717) is 37.0 Å². The highest BCUT2D eigenvalue weighted by Gasteiger charge is 2.56. The molecule has 1 aliphatic heterocycles. The first-order valence-electron chi connectivity index (χ1n) is 15.3. The molecule has 2 aliphatic carbocycles. The van der Waals surface area contributed by atoms with E-state index < -0.39 is 5.97 Å². The zero-order valence-electron chi connectivity index (χ0n) is 24.6. The van der Waals surface area contributed by atoms with Crippen LogP contribution in [0.5, 0.6) is 11.5 Å². The summed E-state index contributed by atoms with van der Waals surface area (Å²) in [6.45, 7) is 3.13. The molecule has 1 unspecified atom stereocenters. The van der Waals surface area contributed by atoms with Gasteiger partial charge < -0.3 is 23.8 Å². The lowest BCUT2D eigenvalue weighted by Crippen LogP contribution is -2.62. The number of esters is 1. The first-order valence-corrected chi connectivity index (χ1v) is 16.1. The number of ether oxygens (including phenoxy) is 4. The van der Waals surface area contributed by atoms with E-state index >= 15 is 0 Å². The molecule has 0 aromatic heterocycles. The van der Waals surface area contributed by atoms with Crippen molar-refractivity contribution in [2.24, 2.45) is 5.92 Å². The summed E-state index contributed by atoms with van der Waals surface area (Å²) in [7, 11) is 0. The van der Waals surface area contributed by atoms with Gasteiger partial charge in [0.2, 0.25) is 0 Å². The van der Waals surface area contributed by atoms with Crippen LogP contribution in [0.4, 0.5) is 4.79 Å². The molecule has 43 heavy (non-hydrogen) atoms. The Kier molecular flexibility index (Phi) is 8.93. The number of halogens is 1. The Morgan fingerprint density at radius 3 is 2.37 bits per heavy atom. The molecule has 3 aromatic rings. The second kappa shape index (κ2) is 13.0. The smallest absolute Gasteiger partial charge is 0.410 e. The molecule has 6 rings (SSSR count). The number of fused-ring (bicyclic) bond motifs is 1. The van der Waals surface area contributed by atoms with E-state index in [4.69, 9.17) is 18.9 Å². The lowest BCUT2D eigenvalue weighted by molar-refractivity contribution is -0.145. The first kappa shape index (κ1) is 29.5. The normalized spacial score (nSPS) is 22.1. The van der Waals surface area contributed by atoms with E-state index in [1.54, 1.807) is 6.92 Å². The molecule has 8 heteroatoms. The molecule has 1 saturated heterocycles. The van der Waals surface area contributed by atoms with Crippen LogP contribution in [0.1, 0.15) is 61.3 Å². The van der Waals surface area contributed by atoms with Crippen LogP contribution in [0.25, 0.3) is 0 Å². The Morgan fingerprint density at radius 2 is 1.65 bits per heavy atom. The minimum atomic E-state index is -0.434. The predicted molar refractivity (Wildman–Crippen MR) is 166 cm³/mol. The lowest BCUT2D eigenvalue weighted by Gasteiger charge is -2.58. The van der Waals surface area contributed by atoms with Gasteiger partial charge in [0.05, 0.1) is 11.1 Å². The minimum Gasteiger partial charge on any atom is -0.485 e. The topological polar surface area (TPSA) is 74.3 Å². The van der Waals surface area contributed by atoms with E-state index in [9.17, 15) is 9.59 Å². The minimum absolute atomic E-state index is 0.0233. The third-order valence-electron chi connectivity index (χ3n) is 9.32. The molecular formula is C35H38BrNO6. The van der Waals surface area contributed by atoms with Crippen LogP contribution in [-0.2, 0) is 39.3 Å². The van der Waals surface area contributed by atoms with E-state index in [2.05, 4.69) is 22.0 Å². The average molecular weight is 649 g/mol. The van der Waals surface area contributed by atoms with E-state index in [-0.39, 0.29) is 37.4 Å². The van der Waals surface area contributed by atoms with Gasteiger partial charge in [0.25, 0.3) is 0 Å². The van der Waals surface area contributed by atoms with Crippen molar-refractivity contribution >= 4 is 28.0 Å². The van der Waals surface area contributed by atoms with Gasteiger partial charge in [0, 0.05) is 18.0 Å². The summed E-state index contributed by atoms with van der Waals surface area (Å²) in [6, 6.07) is 22.0. The van der Waals surface area contributed by atoms with Crippen LogP contribution in [0.3, 0.4) is 0 Å². The van der Waals surface area contributed by atoms with Gasteiger partial charge in [-0.2, -0.15) is 0 Å². The fraction of sp³-hybridized carbons (Fsp3) is 0.429.